The number of halogens is 1. The van der Waals surface area contributed by atoms with Crippen molar-refractivity contribution >= 4 is 27.3 Å². The van der Waals surface area contributed by atoms with Crippen LogP contribution in [0.4, 0.5) is 0 Å². The van der Waals surface area contributed by atoms with E-state index in [1.807, 2.05) is 4.90 Å². The molecule has 2 aromatic carbocycles. The third kappa shape index (κ3) is 5.72. The molecule has 1 amide bonds. The highest BCUT2D eigenvalue weighted by atomic mass is 35.5. The fourth-order valence-electron chi connectivity index (χ4n) is 3.36. The van der Waals surface area contributed by atoms with Crippen molar-refractivity contribution < 1.29 is 17.9 Å². The molecule has 1 aliphatic heterocycles. The summed E-state index contributed by atoms with van der Waals surface area (Å²) in [5, 5.41) is 0.537. The van der Waals surface area contributed by atoms with Crippen molar-refractivity contribution in [2.75, 3.05) is 45.6 Å². The highest BCUT2D eigenvalue weighted by Crippen LogP contribution is 2.19. The Morgan fingerprint density at radius 1 is 1.07 bits per heavy atom. The number of rotatable bonds is 6. The molecule has 0 bridgehead atoms. The number of amides is 1. The smallest absolute Gasteiger partial charge is 0.253 e. The van der Waals surface area contributed by atoms with Crippen LogP contribution in [-0.4, -0.2) is 69.7 Å². The molecule has 29 heavy (non-hydrogen) atoms. The van der Waals surface area contributed by atoms with Crippen molar-refractivity contribution in [3.05, 3.63) is 59.1 Å². The van der Waals surface area contributed by atoms with Crippen LogP contribution in [0.3, 0.4) is 0 Å². The van der Waals surface area contributed by atoms with Gasteiger partial charge in [0, 0.05) is 36.8 Å². The number of hydrogen-bond acceptors (Lipinski definition) is 5. The number of hydrogen-bond donors (Lipinski definition) is 0. The van der Waals surface area contributed by atoms with E-state index in [-0.39, 0.29) is 16.6 Å². The van der Waals surface area contributed by atoms with Crippen LogP contribution in [0.5, 0.6) is 5.75 Å². The second-order valence-corrected chi connectivity index (χ2v) is 9.54. The van der Waals surface area contributed by atoms with E-state index in [1.54, 1.807) is 48.5 Å². The molecule has 0 saturated carbocycles. The fraction of sp³-hybridized carbons (Fsp3) is 0.381. The van der Waals surface area contributed by atoms with E-state index in [0.29, 0.717) is 42.5 Å². The lowest BCUT2D eigenvalue weighted by molar-refractivity contribution is 0.0761. The molecular weight excluding hydrogens is 412 g/mol. The number of benzene rings is 2. The average molecular weight is 437 g/mol. The molecule has 2 aromatic rings. The van der Waals surface area contributed by atoms with Crippen LogP contribution >= 0.6 is 11.6 Å². The van der Waals surface area contributed by atoms with E-state index >= 15 is 0 Å². The molecule has 0 aliphatic carbocycles. The Morgan fingerprint density at radius 2 is 1.86 bits per heavy atom. The van der Waals surface area contributed by atoms with E-state index < -0.39 is 9.84 Å². The molecule has 0 aromatic heterocycles. The lowest BCUT2D eigenvalue weighted by Gasteiger charge is -2.22. The number of nitrogens with zero attached hydrogens (tertiary/aromatic N) is 2. The SMILES string of the molecule is COc1cccc(S(=O)(=O)CCN2CCCN(C(=O)c3cccc(Cl)c3)CC2)c1. The van der Waals surface area contributed by atoms with Crippen LogP contribution in [0.15, 0.2) is 53.4 Å². The fourth-order valence-corrected chi connectivity index (χ4v) is 4.87. The molecule has 3 rings (SSSR count). The van der Waals surface area contributed by atoms with Crippen molar-refractivity contribution in [2.24, 2.45) is 0 Å². The minimum atomic E-state index is -3.40. The lowest BCUT2D eigenvalue weighted by atomic mass is 10.2. The molecule has 156 valence electrons. The summed E-state index contributed by atoms with van der Waals surface area (Å²) in [4.78, 5) is 16.9. The normalized spacial score (nSPS) is 15.7. The first-order chi connectivity index (χ1) is 13.9. The van der Waals surface area contributed by atoms with Gasteiger partial charge in [-0.1, -0.05) is 23.7 Å². The Labute approximate surface area is 176 Å². The largest absolute Gasteiger partial charge is 0.497 e. The first kappa shape index (κ1) is 21.6. The summed E-state index contributed by atoms with van der Waals surface area (Å²) in [7, 11) is -1.89. The second kappa shape index (κ2) is 9.61. The van der Waals surface area contributed by atoms with Gasteiger partial charge in [-0.05, 0) is 49.4 Å². The number of carbonyl (C=O) groups is 1. The summed E-state index contributed by atoms with van der Waals surface area (Å²) in [6.07, 6.45) is 0.797. The quantitative estimate of drug-likeness (QED) is 0.696. The van der Waals surface area contributed by atoms with E-state index in [0.717, 1.165) is 13.0 Å². The van der Waals surface area contributed by atoms with Crippen LogP contribution in [0.2, 0.25) is 5.02 Å². The summed E-state index contributed by atoms with van der Waals surface area (Å²) < 4.78 is 30.4. The van der Waals surface area contributed by atoms with E-state index in [4.69, 9.17) is 16.3 Å². The summed E-state index contributed by atoms with van der Waals surface area (Å²) in [6, 6.07) is 13.5. The molecule has 0 unspecified atom stereocenters. The third-order valence-corrected chi connectivity index (χ3v) is 6.95. The van der Waals surface area contributed by atoms with Crippen LogP contribution in [0, 0.1) is 0 Å². The van der Waals surface area contributed by atoms with Crippen molar-refractivity contribution in [3.63, 3.8) is 0 Å². The van der Waals surface area contributed by atoms with Gasteiger partial charge in [-0.2, -0.15) is 0 Å². The van der Waals surface area contributed by atoms with Crippen LogP contribution in [0.1, 0.15) is 16.8 Å². The maximum absolute atomic E-state index is 12.7. The number of ether oxygens (including phenoxy) is 1. The Morgan fingerprint density at radius 3 is 2.62 bits per heavy atom. The van der Waals surface area contributed by atoms with E-state index in [2.05, 4.69) is 4.90 Å². The van der Waals surface area contributed by atoms with Gasteiger partial charge in [0.25, 0.3) is 5.91 Å². The molecule has 1 saturated heterocycles. The van der Waals surface area contributed by atoms with Gasteiger partial charge >= 0.3 is 0 Å². The van der Waals surface area contributed by atoms with E-state index in [9.17, 15) is 13.2 Å². The van der Waals surface area contributed by atoms with Gasteiger partial charge in [0.15, 0.2) is 9.84 Å². The summed E-state index contributed by atoms with van der Waals surface area (Å²) in [6.45, 7) is 3.03. The maximum atomic E-state index is 12.7. The van der Waals surface area contributed by atoms with Crippen molar-refractivity contribution in [3.8, 4) is 5.75 Å². The first-order valence-electron chi connectivity index (χ1n) is 9.53. The van der Waals surface area contributed by atoms with Crippen molar-refractivity contribution in [2.45, 2.75) is 11.3 Å². The molecule has 0 N–H and O–H groups in total. The minimum absolute atomic E-state index is 0.0302. The molecule has 1 heterocycles. The zero-order valence-corrected chi connectivity index (χ0v) is 18.0. The molecule has 0 spiro atoms. The Bertz CT molecular complexity index is 965. The van der Waals surface area contributed by atoms with Crippen LogP contribution < -0.4 is 4.74 Å². The van der Waals surface area contributed by atoms with Gasteiger partial charge < -0.3 is 14.5 Å². The standard InChI is InChI=1S/C21H25ClN2O4S/c1-28-19-7-3-8-20(16-19)29(26,27)14-13-23-9-4-10-24(12-11-23)21(25)17-5-2-6-18(22)15-17/h2-3,5-8,15-16H,4,9-14H2,1H3. The molecule has 1 fully saturated rings. The average Bonchev–Trinajstić information content (AvgIpc) is 2.97. The molecule has 0 radical (unpaired) electrons. The molecule has 6 nitrogen and oxygen atoms in total. The van der Waals surface area contributed by atoms with Gasteiger partial charge in [-0.25, -0.2) is 8.42 Å². The van der Waals surface area contributed by atoms with Crippen molar-refractivity contribution in [1.82, 2.24) is 9.80 Å². The Kier molecular flexibility index (Phi) is 7.16. The topological polar surface area (TPSA) is 66.9 Å². The number of methoxy groups -OCH3 is 1. The summed E-state index contributed by atoms with van der Waals surface area (Å²) in [5.74, 6) is 0.511. The predicted molar refractivity (Wildman–Crippen MR) is 113 cm³/mol. The second-order valence-electron chi connectivity index (χ2n) is 7.00. The molecule has 0 atom stereocenters. The number of carbonyl (C=O) groups excluding carboxylic acids is 1. The predicted octanol–water partition coefficient (Wildman–Crippen LogP) is 2.97. The minimum Gasteiger partial charge on any atom is -0.497 e. The van der Waals surface area contributed by atoms with Crippen LogP contribution in [0.25, 0.3) is 0 Å². The van der Waals surface area contributed by atoms with Gasteiger partial charge in [0.1, 0.15) is 5.75 Å². The Balaban J connectivity index is 1.57. The molecule has 8 heteroatoms. The van der Waals surface area contributed by atoms with Gasteiger partial charge in [0.05, 0.1) is 17.8 Å². The van der Waals surface area contributed by atoms with Gasteiger partial charge in [-0.15, -0.1) is 0 Å². The Hall–Kier alpha value is -2.09. The monoisotopic (exact) mass is 436 g/mol. The highest BCUT2D eigenvalue weighted by molar-refractivity contribution is 7.91. The zero-order chi connectivity index (χ0) is 20.9. The summed E-state index contributed by atoms with van der Waals surface area (Å²) >= 11 is 5.99. The zero-order valence-electron chi connectivity index (χ0n) is 16.4. The molecule has 1 aliphatic rings. The maximum Gasteiger partial charge on any atom is 0.253 e. The van der Waals surface area contributed by atoms with Crippen molar-refractivity contribution in [1.29, 1.82) is 0 Å². The third-order valence-electron chi connectivity index (χ3n) is 5.02. The lowest BCUT2D eigenvalue weighted by Crippen LogP contribution is -2.36. The van der Waals surface area contributed by atoms with Gasteiger partial charge in [-0.3, -0.25) is 4.79 Å². The van der Waals surface area contributed by atoms with Gasteiger partial charge in [0.2, 0.25) is 0 Å². The van der Waals surface area contributed by atoms with E-state index in [1.165, 1.54) is 7.11 Å². The van der Waals surface area contributed by atoms with Crippen LogP contribution in [-0.2, 0) is 9.84 Å². The molecular formula is C21H25ClN2O4S. The highest BCUT2D eigenvalue weighted by Gasteiger charge is 2.22. The summed E-state index contributed by atoms with van der Waals surface area (Å²) in [5.41, 5.74) is 0.576. The number of sulfone groups is 1. The first-order valence-corrected chi connectivity index (χ1v) is 11.6.